The van der Waals surface area contributed by atoms with E-state index in [1.165, 1.54) is 0 Å². The standard InChI is InChI=1S/C14H22O7/c1-4-6-19-13(16)10-21-14(17)11(3)9-12(15)20-8-7-18-5-2/h3-10H2,1-2H3. The predicted octanol–water partition coefficient (Wildman–Crippen LogP) is 1.01. The van der Waals surface area contributed by atoms with Crippen molar-refractivity contribution in [1.82, 2.24) is 0 Å². The number of hydrogen-bond acceptors (Lipinski definition) is 7. The van der Waals surface area contributed by atoms with Crippen LogP contribution in [0.1, 0.15) is 26.7 Å². The molecule has 0 fully saturated rings. The number of hydrogen-bond donors (Lipinski definition) is 0. The van der Waals surface area contributed by atoms with E-state index in [2.05, 4.69) is 11.3 Å². The van der Waals surface area contributed by atoms with Crippen molar-refractivity contribution in [3.05, 3.63) is 12.2 Å². The van der Waals surface area contributed by atoms with E-state index < -0.39 is 24.5 Å². The van der Waals surface area contributed by atoms with Gasteiger partial charge in [0, 0.05) is 12.2 Å². The Hall–Kier alpha value is -1.89. The first-order chi connectivity index (χ1) is 10.0. The van der Waals surface area contributed by atoms with Crippen molar-refractivity contribution in [2.75, 3.05) is 33.0 Å². The summed E-state index contributed by atoms with van der Waals surface area (Å²) in [5, 5.41) is 0. The van der Waals surface area contributed by atoms with Gasteiger partial charge in [-0.3, -0.25) is 4.79 Å². The average molecular weight is 302 g/mol. The molecular formula is C14H22O7. The van der Waals surface area contributed by atoms with Gasteiger partial charge in [0.2, 0.25) is 0 Å². The smallest absolute Gasteiger partial charge is 0.344 e. The van der Waals surface area contributed by atoms with Crippen LogP contribution in [-0.4, -0.2) is 50.9 Å². The zero-order chi connectivity index (χ0) is 16.1. The van der Waals surface area contributed by atoms with Crippen LogP contribution in [0.5, 0.6) is 0 Å². The van der Waals surface area contributed by atoms with Crippen LogP contribution >= 0.6 is 0 Å². The first-order valence-electron chi connectivity index (χ1n) is 6.75. The quantitative estimate of drug-likeness (QED) is 0.243. The second-order valence-electron chi connectivity index (χ2n) is 3.99. The van der Waals surface area contributed by atoms with E-state index in [9.17, 15) is 14.4 Å². The van der Waals surface area contributed by atoms with E-state index >= 15 is 0 Å². The van der Waals surface area contributed by atoms with Crippen LogP contribution in [0, 0.1) is 0 Å². The third-order valence-electron chi connectivity index (χ3n) is 2.13. The predicted molar refractivity (Wildman–Crippen MR) is 73.4 cm³/mol. The molecule has 0 aromatic heterocycles. The summed E-state index contributed by atoms with van der Waals surface area (Å²) in [7, 11) is 0. The van der Waals surface area contributed by atoms with Gasteiger partial charge >= 0.3 is 17.9 Å². The molecule has 0 aliphatic heterocycles. The van der Waals surface area contributed by atoms with Crippen LogP contribution in [0.3, 0.4) is 0 Å². The topological polar surface area (TPSA) is 88.1 Å². The Bertz CT molecular complexity index is 362. The lowest BCUT2D eigenvalue weighted by molar-refractivity contribution is -0.157. The van der Waals surface area contributed by atoms with Crippen molar-refractivity contribution in [3.63, 3.8) is 0 Å². The van der Waals surface area contributed by atoms with Crippen molar-refractivity contribution in [1.29, 1.82) is 0 Å². The van der Waals surface area contributed by atoms with Gasteiger partial charge in [-0.2, -0.15) is 0 Å². The van der Waals surface area contributed by atoms with E-state index in [-0.39, 0.29) is 25.2 Å². The molecule has 0 aromatic carbocycles. The molecule has 0 radical (unpaired) electrons. The van der Waals surface area contributed by atoms with Crippen molar-refractivity contribution in [3.8, 4) is 0 Å². The lowest BCUT2D eigenvalue weighted by atomic mass is 10.2. The number of rotatable bonds is 11. The third-order valence-corrected chi connectivity index (χ3v) is 2.13. The summed E-state index contributed by atoms with van der Waals surface area (Å²) in [5.74, 6) is -2.08. The lowest BCUT2D eigenvalue weighted by Crippen LogP contribution is -2.19. The van der Waals surface area contributed by atoms with Gasteiger partial charge in [-0.1, -0.05) is 13.5 Å². The van der Waals surface area contributed by atoms with Gasteiger partial charge < -0.3 is 18.9 Å². The summed E-state index contributed by atoms with van der Waals surface area (Å²) in [6.45, 7) is 7.79. The lowest BCUT2D eigenvalue weighted by Gasteiger charge is -2.07. The highest BCUT2D eigenvalue weighted by Gasteiger charge is 2.16. The van der Waals surface area contributed by atoms with Gasteiger partial charge in [-0.25, -0.2) is 9.59 Å². The Kier molecular flexibility index (Phi) is 10.8. The second kappa shape index (κ2) is 11.9. The maximum absolute atomic E-state index is 11.5. The highest BCUT2D eigenvalue weighted by molar-refractivity contribution is 5.94. The average Bonchev–Trinajstić information content (AvgIpc) is 2.46. The molecule has 7 nitrogen and oxygen atoms in total. The number of carbonyl (C=O) groups is 3. The summed E-state index contributed by atoms with van der Waals surface area (Å²) in [6, 6.07) is 0. The summed E-state index contributed by atoms with van der Waals surface area (Å²) in [6.07, 6.45) is 0.384. The molecule has 0 bridgehead atoms. The molecule has 0 rings (SSSR count). The number of esters is 3. The molecule has 0 saturated heterocycles. The third kappa shape index (κ3) is 10.5. The zero-order valence-corrected chi connectivity index (χ0v) is 12.5. The Morgan fingerprint density at radius 1 is 0.905 bits per heavy atom. The normalized spacial score (nSPS) is 9.81. The Morgan fingerprint density at radius 3 is 2.19 bits per heavy atom. The van der Waals surface area contributed by atoms with Crippen LogP contribution < -0.4 is 0 Å². The number of ether oxygens (including phenoxy) is 4. The number of carbonyl (C=O) groups excluding carboxylic acids is 3. The van der Waals surface area contributed by atoms with Gasteiger partial charge in [-0.05, 0) is 13.3 Å². The minimum absolute atomic E-state index is 0.0836. The molecule has 0 unspecified atom stereocenters. The highest BCUT2D eigenvalue weighted by atomic mass is 16.6. The fraction of sp³-hybridized carbons (Fsp3) is 0.643. The van der Waals surface area contributed by atoms with E-state index in [4.69, 9.17) is 14.2 Å². The van der Waals surface area contributed by atoms with Crippen LogP contribution in [0.15, 0.2) is 12.2 Å². The fourth-order valence-corrected chi connectivity index (χ4v) is 1.14. The molecule has 21 heavy (non-hydrogen) atoms. The largest absolute Gasteiger partial charge is 0.463 e. The van der Waals surface area contributed by atoms with Gasteiger partial charge in [-0.15, -0.1) is 0 Å². The molecule has 0 saturated carbocycles. The fourth-order valence-electron chi connectivity index (χ4n) is 1.14. The van der Waals surface area contributed by atoms with Crippen molar-refractivity contribution in [2.24, 2.45) is 0 Å². The van der Waals surface area contributed by atoms with Crippen LogP contribution in [0.2, 0.25) is 0 Å². The molecule has 0 heterocycles. The van der Waals surface area contributed by atoms with Gasteiger partial charge in [0.1, 0.15) is 6.61 Å². The summed E-state index contributed by atoms with van der Waals surface area (Å²) < 4.78 is 19.2. The van der Waals surface area contributed by atoms with Crippen molar-refractivity contribution < 1.29 is 33.3 Å². The summed E-state index contributed by atoms with van der Waals surface area (Å²) in [4.78, 5) is 34.0. The van der Waals surface area contributed by atoms with Gasteiger partial charge in [0.15, 0.2) is 6.61 Å². The monoisotopic (exact) mass is 302 g/mol. The molecule has 0 aliphatic rings. The minimum atomic E-state index is -0.829. The molecule has 120 valence electrons. The Balaban J connectivity index is 3.86. The molecule has 0 aromatic rings. The SMILES string of the molecule is C=C(CC(=O)OCCOCC)C(=O)OCC(=O)OCCC. The molecule has 0 atom stereocenters. The van der Waals surface area contributed by atoms with Crippen LogP contribution in [-0.2, 0) is 33.3 Å². The molecule has 0 amide bonds. The first-order valence-corrected chi connectivity index (χ1v) is 6.75. The van der Waals surface area contributed by atoms with Crippen molar-refractivity contribution >= 4 is 17.9 Å². The van der Waals surface area contributed by atoms with Gasteiger partial charge in [0.25, 0.3) is 0 Å². The molecule has 0 aliphatic carbocycles. The molecule has 0 N–H and O–H groups in total. The van der Waals surface area contributed by atoms with Crippen LogP contribution in [0.25, 0.3) is 0 Å². The van der Waals surface area contributed by atoms with E-state index in [1.54, 1.807) is 0 Å². The molecular weight excluding hydrogens is 280 g/mol. The minimum Gasteiger partial charge on any atom is -0.463 e. The van der Waals surface area contributed by atoms with Crippen molar-refractivity contribution in [2.45, 2.75) is 26.7 Å². The van der Waals surface area contributed by atoms with Gasteiger partial charge in [0.05, 0.1) is 19.6 Å². The van der Waals surface area contributed by atoms with E-state index in [0.29, 0.717) is 19.6 Å². The Morgan fingerprint density at radius 2 is 1.57 bits per heavy atom. The molecule has 0 spiro atoms. The van der Waals surface area contributed by atoms with E-state index in [1.807, 2.05) is 13.8 Å². The highest BCUT2D eigenvalue weighted by Crippen LogP contribution is 2.03. The summed E-state index contributed by atoms with van der Waals surface area (Å²) in [5.41, 5.74) is -0.0836. The maximum atomic E-state index is 11.5. The Labute approximate surface area is 124 Å². The maximum Gasteiger partial charge on any atom is 0.344 e. The van der Waals surface area contributed by atoms with Crippen LogP contribution in [0.4, 0.5) is 0 Å². The van der Waals surface area contributed by atoms with E-state index in [0.717, 1.165) is 0 Å². The molecule has 7 heteroatoms. The summed E-state index contributed by atoms with van der Waals surface area (Å²) >= 11 is 0. The second-order valence-corrected chi connectivity index (χ2v) is 3.99. The first kappa shape index (κ1) is 19.1. The zero-order valence-electron chi connectivity index (χ0n) is 12.5.